The van der Waals surface area contributed by atoms with Gasteiger partial charge < -0.3 is 4.57 Å². The van der Waals surface area contributed by atoms with Gasteiger partial charge in [-0.15, -0.1) is 0 Å². The minimum Gasteiger partial charge on any atom is -0.335 e. The molecule has 0 N–H and O–H groups in total. The van der Waals surface area contributed by atoms with Gasteiger partial charge in [0, 0.05) is 30.9 Å². The van der Waals surface area contributed by atoms with Gasteiger partial charge in [-0.25, -0.2) is 4.98 Å². The summed E-state index contributed by atoms with van der Waals surface area (Å²) in [4.78, 5) is 6.68. The molecule has 0 aromatic carbocycles. The van der Waals surface area contributed by atoms with Gasteiger partial charge in [-0.2, -0.15) is 0 Å². The molecule has 0 saturated carbocycles. The average molecular weight is 163 g/mol. The second kappa shape index (κ2) is 4.20. The molecular weight excluding hydrogens is 154 g/mol. The second-order valence-corrected chi connectivity index (χ2v) is 2.21. The van der Waals surface area contributed by atoms with Crippen LogP contribution in [0.25, 0.3) is 16.5 Å². The predicted molar refractivity (Wildman–Crippen MR) is 46.3 cm³/mol. The van der Waals surface area contributed by atoms with Crippen LogP contribution in [0.4, 0.5) is 0 Å². The normalized spacial score (nSPS) is 10.1. The van der Waals surface area contributed by atoms with Crippen molar-refractivity contribution >= 4 is 6.08 Å². The molecule has 1 heterocycles. The van der Waals surface area contributed by atoms with Crippen LogP contribution < -0.4 is 0 Å². The van der Waals surface area contributed by atoms with E-state index in [4.69, 9.17) is 5.53 Å². The number of hydrogen-bond acceptors (Lipinski definition) is 2. The smallest absolute Gasteiger partial charge is 0.131 e. The summed E-state index contributed by atoms with van der Waals surface area (Å²) in [5.74, 6) is 0.850. The summed E-state index contributed by atoms with van der Waals surface area (Å²) in [5, 5.41) is 3.36. The van der Waals surface area contributed by atoms with Crippen LogP contribution in [0.1, 0.15) is 5.82 Å². The van der Waals surface area contributed by atoms with E-state index in [0.717, 1.165) is 5.82 Å². The number of aryl methyl sites for hydroxylation is 1. The van der Waals surface area contributed by atoms with Gasteiger partial charge in [-0.1, -0.05) is 11.2 Å². The fourth-order valence-electron chi connectivity index (χ4n) is 0.780. The molecule has 5 nitrogen and oxygen atoms in total. The summed E-state index contributed by atoms with van der Waals surface area (Å²) < 4.78 is 1.88. The molecule has 0 saturated heterocycles. The molecule has 0 aliphatic heterocycles. The van der Waals surface area contributed by atoms with E-state index in [0.29, 0.717) is 6.54 Å². The first kappa shape index (κ1) is 8.36. The molecule has 12 heavy (non-hydrogen) atoms. The van der Waals surface area contributed by atoms with Gasteiger partial charge in [0.1, 0.15) is 5.82 Å². The Morgan fingerprint density at radius 3 is 3.25 bits per heavy atom. The van der Waals surface area contributed by atoms with Gasteiger partial charge in [0.05, 0.1) is 0 Å². The van der Waals surface area contributed by atoms with E-state index in [-0.39, 0.29) is 0 Å². The van der Waals surface area contributed by atoms with Gasteiger partial charge >= 0.3 is 0 Å². The van der Waals surface area contributed by atoms with Crippen LogP contribution in [-0.2, 0) is 7.05 Å². The van der Waals surface area contributed by atoms with Crippen molar-refractivity contribution in [2.75, 3.05) is 6.54 Å². The first-order valence-corrected chi connectivity index (χ1v) is 3.49. The molecule has 0 spiro atoms. The summed E-state index contributed by atoms with van der Waals surface area (Å²) in [5.41, 5.74) is 7.98. The predicted octanol–water partition coefficient (Wildman–Crippen LogP) is 1.74. The van der Waals surface area contributed by atoms with Crippen molar-refractivity contribution in [3.05, 3.63) is 34.7 Å². The molecule has 1 rings (SSSR count). The SMILES string of the molecule is Cn1ccnc1C=CCN=[N+]=[N-]. The Morgan fingerprint density at radius 2 is 2.67 bits per heavy atom. The molecule has 0 unspecified atom stereocenters. The van der Waals surface area contributed by atoms with Crippen LogP contribution >= 0.6 is 0 Å². The van der Waals surface area contributed by atoms with E-state index < -0.39 is 0 Å². The van der Waals surface area contributed by atoms with Crippen LogP contribution in [0.3, 0.4) is 0 Å². The zero-order chi connectivity index (χ0) is 8.81. The lowest BCUT2D eigenvalue weighted by atomic mass is 10.5. The van der Waals surface area contributed by atoms with Gasteiger partial charge in [-0.05, 0) is 11.6 Å². The molecule has 1 aromatic heterocycles. The Balaban J connectivity index is 2.57. The summed E-state index contributed by atoms with van der Waals surface area (Å²) in [7, 11) is 1.90. The molecule has 0 amide bonds. The number of aromatic nitrogens is 2. The molecule has 0 atom stereocenters. The third-order valence-electron chi connectivity index (χ3n) is 1.38. The Hall–Kier alpha value is -1.74. The number of azide groups is 1. The Bertz CT molecular complexity index is 318. The highest BCUT2D eigenvalue weighted by molar-refractivity contribution is 5.40. The van der Waals surface area contributed by atoms with E-state index in [1.54, 1.807) is 12.3 Å². The van der Waals surface area contributed by atoms with Crippen LogP contribution in [0.5, 0.6) is 0 Å². The topological polar surface area (TPSA) is 66.6 Å². The lowest BCUT2D eigenvalue weighted by Gasteiger charge is -1.91. The number of imidazole rings is 1. The van der Waals surface area contributed by atoms with Crippen LogP contribution in [0, 0.1) is 0 Å². The highest BCUT2D eigenvalue weighted by atomic mass is 15.1. The summed E-state index contributed by atoms with van der Waals surface area (Å²) in [6.07, 6.45) is 7.15. The first-order chi connectivity index (χ1) is 5.84. The van der Waals surface area contributed by atoms with E-state index in [1.165, 1.54) is 0 Å². The van der Waals surface area contributed by atoms with Crippen LogP contribution in [-0.4, -0.2) is 16.1 Å². The Kier molecular flexibility index (Phi) is 2.93. The van der Waals surface area contributed by atoms with Crippen molar-refractivity contribution in [2.45, 2.75) is 0 Å². The highest BCUT2D eigenvalue weighted by Gasteiger charge is 1.89. The summed E-state index contributed by atoms with van der Waals surface area (Å²) in [6, 6.07) is 0. The van der Waals surface area contributed by atoms with Crippen LogP contribution in [0.15, 0.2) is 23.6 Å². The van der Waals surface area contributed by atoms with E-state index in [1.807, 2.05) is 23.9 Å². The number of hydrogen-bond donors (Lipinski definition) is 0. The molecule has 0 bridgehead atoms. The molecular formula is C7H9N5. The maximum Gasteiger partial charge on any atom is 0.131 e. The zero-order valence-electron chi connectivity index (χ0n) is 6.75. The third-order valence-corrected chi connectivity index (χ3v) is 1.38. The molecule has 62 valence electrons. The standard InChI is InChI=1S/C7H9N5/c1-12-6-5-9-7(12)3-2-4-10-11-8/h2-3,5-6H,4H2,1H3. The van der Waals surface area contributed by atoms with Gasteiger partial charge in [0.2, 0.25) is 0 Å². The molecule has 0 aliphatic rings. The van der Waals surface area contributed by atoms with E-state index in [2.05, 4.69) is 15.0 Å². The van der Waals surface area contributed by atoms with E-state index >= 15 is 0 Å². The van der Waals surface area contributed by atoms with Crippen molar-refractivity contribution < 1.29 is 0 Å². The molecule has 0 aliphatic carbocycles. The van der Waals surface area contributed by atoms with Crippen molar-refractivity contribution in [2.24, 2.45) is 12.2 Å². The highest BCUT2D eigenvalue weighted by Crippen LogP contribution is 1.96. The van der Waals surface area contributed by atoms with Crippen molar-refractivity contribution in [1.29, 1.82) is 0 Å². The average Bonchev–Trinajstić information content (AvgIpc) is 2.46. The number of rotatable bonds is 3. The molecule has 0 fully saturated rings. The van der Waals surface area contributed by atoms with E-state index in [9.17, 15) is 0 Å². The third kappa shape index (κ3) is 2.14. The van der Waals surface area contributed by atoms with Gasteiger partial charge in [-0.3, -0.25) is 0 Å². The first-order valence-electron chi connectivity index (χ1n) is 3.49. The molecule has 1 aromatic rings. The van der Waals surface area contributed by atoms with Gasteiger partial charge in [0.15, 0.2) is 0 Å². The fraction of sp³-hybridized carbons (Fsp3) is 0.286. The largest absolute Gasteiger partial charge is 0.335 e. The number of nitrogens with zero attached hydrogens (tertiary/aromatic N) is 5. The second-order valence-electron chi connectivity index (χ2n) is 2.21. The minimum atomic E-state index is 0.364. The summed E-state index contributed by atoms with van der Waals surface area (Å²) in [6.45, 7) is 0.364. The monoisotopic (exact) mass is 163 g/mol. The zero-order valence-corrected chi connectivity index (χ0v) is 6.75. The maximum atomic E-state index is 7.98. The maximum absolute atomic E-state index is 7.98. The van der Waals surface area contributed by atoms with Crippen molar-refractivity contribution in [1.82, 2.24) is 9.55 Å². The lowest BCUT2D eigenvalue weighted by Crippen LogP contribution is -1.88. The minimum absolute atomic E-state index is 0.364. The summed E-state index contributed by atoms with van der Waals surface area (Å²) >= 11 is 0. The van der Waals surface area contributed by atoms with Crippen molar-refractivity contribution in [3.8, 4) is 0 Å². The van der Waals surface area contributed by atoms with Gasteiger partial charge in [0.25, 0.3) is 0 Å². The fourth-order valence-corrected chi connectivity index (χ4v) is 0.780. The lowest BCUT2D eigenvalue weighted by molar-refractivity contribution is 0.897. The quantitative estimate of drug-likeness (QED) is 0.380. The Morgan fingerprint density at radius 1 is 1.83 bits per heavy atom. The molecule has 0 radical (unpaired) electrons. The van der Waals surface area contributed by atoms with Crippen LogP contribution in [0.2, 0.25) is 0 Å². The Labute approximate surface area is 70.0 Å². The molecule has 5 heteroatoms. The van der Waals surface area contributed by atoms with Crippen molar-refractivity contribution in [3.63, 3.8) is 0 Å².